The molecule has 1 aromatic rings. The van der Waals surface area contributed by atoms with Crippen molar-refractivity contribution >= 4 is 0 Å². The van der Waals surface area contributed by atoms with Crippen LogP contribution in [-0.4, -0.2) is 56.6 Å². The maximum atomic E-state index is 5.46. The van der Waals surface area contributed by atoms with Gasteiger partial charge in [0.2, 0.25) is 0 Å². The fourth-order valence-electron chi connectivity index (χ4n) is 3.08. The van der Waals surface area contributed by atoms with Crippen molar-refractivity contribution in [1.29, 1.82) is 0 Å². The van der Waals surface area contributed by atoms with Crippen LogP contribution >= 0.6 is 0 Å². The van der Waals surface area contributed by atoms with Crippen LogP contribution < -0.4 is 5.32 Å². The molecular formula is C17H26N2O2. The molecule has 0 atom stereocenters. The monoisotopic (exact) mass is 290 g/mol. The highest BCUT2D eigenvalue weighted by Crippen LogP contribution is 2.12. The van der Waals surface area contributed by atoms with Gasteiger partial charge in [0, 0.05) is 19.1 Å². The fourth-order valence-corrected chi connectivity index (χ4v) is 3.08. The number of hydrogen-bond acceptors (Lipinski definition) is 4. The van der Waals surface area contributed by atoms with Gasteiger partial charge in [0.15, 0.2) is 6.29 Å². The van der Waals surface area contributed by atoms with E-state index in [1.165, 1.54) is 38.0 Å². The minimum absolute atomic E-state index is 0.0267. The van der Waals surface area contributed by atoms with Gasteiger partial charge in [-0.3, -0.25) is 0 Å². The average Bonchev–Trinajstić information content (AvgIpc) is 3.06. The molecule has 0 bridgehead atoms. The first-order valence-corrected chi connectivity index (χ1v) is 8.13. The van der Waals surface area contributed by atoms with Crippen LogP contribution in [0.4, 0.5) is 0 Å². The minimum Gasteiger partial charge on any atom is -0.349 e. The number of hydrogen-bond donors (Lipinski definition) is 1. The summed E-state index contributed by atoms with van der Waals surface area (Å²) in [5, 5.41) is 3.58. The maximum absolute atomic E-state index is 5.46. The Hall–Kier alpha value is -0.940. The number of likely N-dealkylation sites (tertiary alicyclic amines) is 1. The number of piperidine rings is 1. The number of nitrogens with one attached hydrogen (secondary N) is 1. The van der Waals surface area contributed by atoms with Gasteiger partial charge in [0.05, 0.1) is 13.2 Å². The molecule has 0 unspecified atom stereocenters. The first-order chi connectivity index (χ1) is 10.4. The average molecular weight is 290 g/mol. The SMILES string of the molecule is c1ccc(CCN2CCC(NCC3OCCO3)CC2)cc1. The fraction of sp³-hybridized carbons (Fsp3) is 0.647. The summed E-state index contributed by atoms with van der Waals surface area (Å²) < 4.78 is 10.9. The van der Waals surface area contributed by atoms with E-state index in [-0.39, 0.29) is 6.29 Å². The molecule has 1 aromatic carbocycles. The van der Waals surface area contributed by atoms with Gasteiger partial charge in [-0.25, -0.2) is 0 Å². The van der Waals surface area contributed by atoms with E-state index >= 15 is 0 Å². The third-order valence-electron chi connectivity index (χ3n) is 4.41. The molecule has 2 saturated heterocycles. The Labute approximate surface area is 127 Å². The van der Waals surface area contributed by atoms with E-state index in [1.807, 2.05) is 0 Å². The molecule has 2 aliphatic rings. The smallest absolute Gasteiger partial charge is 0.170 e. The van der Waals surface area contributed by atoms with E-state index in [0.717, 1.165) is 26.2 Å². The van der Waals surface area contributed by atoms with Crippen molar-refractivity contribution < 1.29 is 9.47 Å². The second kappa shape index (κ2) is 7.90. The number of benzene rings is 1. The molecule has 3 rings (SSSR count). The van der Waals surface area contributed by atoms with Gasteiger partial charge in [-0.2, -0.15) is 0 Å². The molecule has 116 valence electrons. The lowest BCUT2D eigenvalue weighted by Crippen LogP contribution is -2.45. The topological polar surface area (TPSA) is 33.7 Å². The standard InChI is InChI=1S/C17H26N2O2/c1-2-4-15(5-3-1)6-9-19-10-7-16(8-11-19)18-14-17-20-12-13-21-17/h1-5,16-18H,6-14H2. The summed E-state index contributed by atoms with van der Waals surface area (Å²) >= 11 is 0. The molecule has 1 N–H and O–H groups in total. The van der Waals surface area contributed by atoms with E-state index in [9.17, 15) is 0 Å². The summed E-state index contributed by atoms with van der Waals surface area (Å²) in [4.78, 5) is 2.58. The summed E-state index contributed by atoms with van der Waals surface area (Å²) in [5.41, 5.74) is 1.44. The first-order valence-electron chi connectivity index (χ1n) is 8.13. The molecule has 0 saturated carbocycles. The van der Waals surface area contributed by atoms with Crippen LogP contribution in [0.3, 0.4) is 0 Å². The Bertz CT molecular complexity index is 399. The normalized spacial score (nSPS) is 21.9. The van der Waals surface area contributed by atoms with Gasteiger partial charge in [-0.1, -0.05) is 30.3 Å². The van der Waals surface area contributed by atoms with E-state index in [2.05, 4.69) is 40.5 Å². The van der Waals surface area contributed by atoms with Crippen molar-refractivity contribution in [2.24, 2.45) is 0 Å². The molecule has 21 heavy (non-hydrogen) atoms. The van der Waals surface area contributed by atoms with Crippen LogP contribution in [0.1, 0.15) is 18.4 Å². The van der Waals surface area contributed by atoms with Crippen LogP contribution in [0, 0.1) is 0 Å². The minimum atomic E-state index is -0.0267. The zero-order chi connectivity index (χ0) is 14.3. The molecule has 2 fully saturated rings. The predicted octanol–water partition coefficient (Wildman–Crippen LogP) is 1.66. The van der Waals surface area contributed by atoms with E-state index in [4.69, 9.17) is 9.47 Å². The zero-order valence-corrected chi connectivity index (χ0v) is 12.7. The Morgan fingerprint density at radius 2 is 1.76 bits per heavy atom. The van der Waals surface area contributed by atoms with Gasteiger partial charge in [-0.15, -0.1) is 0 Å². The van der Waals surface area contributed by atoms with Gasteiger partial charge < -0.3 is 19.7 Å². The zero-order valence-electron chi connectivity index (χ0n) is 12.7. The van der Waals surface area contributed by atoms with Crippen molar-refractivity contribution in [3.05, 3.63) is 35.9 Å². The predicted molar refractivity (Wildman–Crippen MR) is 83.3 cm³/mol. The second-order valence-corrected chi connectivity index (χ2v) is 5.93. The maximum Gasteiger partial charge on any atom is 0.170 e. The van der Waals surface area contributed by atoms with Crippen molar-refractivity contribution in [2.45, 2.75) is 31.6 Å². The quantitative estimate of drug-likeness (QED) is 0.864. The highest BCUT2D eigenvalue weighted by molar-refractivity contribution is 5.14. The van der Waals surface area contributed by atoms with Gasteiger partial charge in [-0.05, 0) is 37.9 Å². The highest BCUT2D eigenvalue weighted by atomic mass is 16.7. The lowest BCUT2D eigenvalue weighted by molar-refractivity contribution is -0.0416. The molecule has 0 aromatic heterocycles. The molecule has 0 radical (unpaired) electrons. The summed E-state index contributed by atoms with van der Waals surface area (Å²) in [6, 6.07) is 11.4. The molecule has 0 aliphatic carbocycles. The van der Waals surface area contributed by atoms with Crippen LogP contribution in [0.5, 0.6) is 0 Å². The molecule has 4 nitrogen and oxygen atoms in total. The summed E-state index contributed by atoms with van der Waals surface area (Å²) in [6.07, 6.45) is 3.58. The van der Waals surface area contributed by atoms with Gasteiger partial charge in [0.25, 0.3) is 0 Å². The van der Waals surface area contributed by atoms with Crippen LogP contribution in [0.15, 0.2) is 30.3 Å². The molecule has 0 spiro atoms. The number of nitrogens with zero attached hydrogens (tertiary/aromatic N) is 1. The highest BCUT2D eigenvalue weighted by Gasteiger charge is 2.21. The molecule has 2 heterocycles. The Kier molecular flexibility index (Phi) is 5.63. The Balaban J connectivity index is 1.31. The van der Waals surface area contributed by atoms with E-state index in [1.54, 1.807) is 0 Å². The molecule has 4 heteroatoms. The van der Waals surface area contributed by atoms with Crippen LogP contribution in [0.25, 0.3) is 0 Å². The van der Waals surface area contributed by atoms with Crippen molar-refractivity contribution in [3.8, 4) is 0 Å². The van der Waals surface area contributed by atoms with Crippen molar-refractivity contribution in [1.82, 2.24) is 10.2 Å². The van der Waals surface area contributed by atoms with Gasteiger partial charge in [0.1, 0.15) is 0 Å². The first kappa shape index (κ1) is 15.0. The Morgan fingerprint density at radius 3 is 2.48 bits per heavy atom. The summed E-state index contributed by atoms with van der Waals surface area (Å²) in [7, 11) is 0. The number of ether oxygens (including phenoxy) is 2. The third kappa shape index (κ3) is 4.78. The molecule has 2 aliphatic heterocycles. The second-order valence-electron chi connectivity index (χ2n) is 5.93. The molecule has 0 amide bonds. The molecular weight excluding hydrogens is 264 g/mol. The van der Waals surface area contributed by atoms with Crippen LogP contribution in [0.2, 0.25) is 0 Å². The largest absolute Gasteiger partial charge is 0.349 e. The van der Waals surface area contributed by atoms with E-state index < -0.39 is 0 Å². The van der Waals surface area contributed by atoms with Crippen molar-refractivity contribution in [3.63, 3.8) is 0 Å². The van der Waals surface area contributed by atoms with Gasteiger partial charge >= 0.3 is 0 Å². The van der Waals surface area contributed by atoms with Crippen molar-refractivity contribution in [2.75, 3.05) is 39.4 Å². The van der Waals surface area contributed by atoms with E-state index in [0.29, 0.717) is 6.04 Å². The lowest BCUT2D eigenvalue weighted by atomic mass is 10.0. The third-order valence-corrected chi connectivity index (χ3v) is 4.41. The lowest BCUT2D eigenvalue weighted by Gasteiger charge is -2.32. The summed E-state index contributed by atoms with van der Waals surface area (Å²) in [6.45, 7) is 5.86. The Morgan fingerprint density at radius 1 is 1.05 bits per heavy atom. The summed E-state index contributed by atoms with van der Waals surface area (Å²) in [5.74, 6) is 0. The number of rotatable bonds is 6. The van der Waals surface area contributed by atoms with Crippen LogP contribution in [-0.2, 0) is 15.9 Å².